The highest BCUT2D eigenvalue weighted by molar-refractivity contribution is 9.11. The third kappa shape index (κ3) is 1.83. The number of nitrogens with one attached hydrogen (secondary N) is 1. The lowest BCUT2D eigenvalue weighted by Gasteiger charge is -2.15. The predicted octanol–water partition coefficient (Wildman–Crippen LogP) is 2.72. The molecule has 0 saturated heterocycles. The molecule has 1 N–H and O–H groups in total. The molecule has 2 nitrogen and oxygen atoms in total. The number of hydrazine groups is 1. The maximum absolute atomic E-state index is 3.56. The largest absolute Gasteiger partial charge is 0.317 e. The average Bonchev–Trinajstić information content (AvgIpc) is 2.47. The Morgan fingerprint density at radius 2 is 1.93 bits per heavy atom. The molecule has 1 aliphatic heterocycles. The van der Waals surface area contributed by atoms with Crippen molar-refractivity contribution in [3.63, 3.8) is 0 Å². The van der Waals surface area contributed by atoms with Crippen molar-refractivity contribution in [3.8, 4) is 0 Å². The van der Waals surface area contributed by atoms with Crippen molar-refractivity contribution >= 4 is 15.9 Å². The van der Waals surface area contributed by atoms with Crippen LogP contribution in [0.3, 0.4) is 0 Å². The second-order valence-electron chi connectivity index (χ2n) is 3.60. The second-order valence-corrected chi connectivity index (χ2v) is 4.51. The van der Waals surface area contributed by atoms with E-state index in [0.717, 1.165) is 0 Å². The lowest BCUT2D eigenvalue weighted by molar-refractivity contribution is 0.333. The zero-order chi connectivity index (χ0) is 10.1. The molecular formula is C11H13BrN2. The van der Waals surface area contributed by atoms with Crippen molar-refractivity contribution in [2.45, 2.75) is 13.0 Å². The molecule has 0 bridgehead atoms. The highest BCUT2D eigenvalue weighted by Gasteiger charge is 2.21. The first-order chi connectivity index (χ1) is 6.66. The third-order valence-corrected chi connectivity index (χ3v) is 3.00. The molecule has 14 heavy (non-hydrogen) atoms. The number of halogens is 1. The first kappa shape index (κ1) is 9.74. The fraction of sp³-hybridized carbons (Fsp3) is 0.273. The molecule has 2 rings (SSSR count). The first-order valence-electron chi connectivity index (χ1n) is 4.59. The van der Waals surface area contributed by atoms with Gasteiger partial charge in [-0.15, -0.1) is 0 Å². The lowest BCUT2D eigenvalue weighted by atomic mass is 10.1. The van der Waals surface area contributed by atoms with Gasteiger partial charge in [-0.1, -0.05) is 45.8 Å². The normalized spacial score (nSPS) is 21.2. The molecule has 1 aromatic carbocycles. The van der Waals surface area contributed by atoms with Crippen LogP contribution < -0.4 is 5.43 Å². The van der Waals surface area contributed by atoms with Gasteiger partial charge in [0.15, 0.2) is 0 Å². The Morgan fingerprint density at radius 1 is 1.29 bits per heavy atom. The summed E-state index contributed by atoms with van der Waals surface area (Å²) in [5.41, 5.74) is 5.91. The molecule has 3 heteroatoms. The standard InChI is InChI=1S/C11H13BrN2/c1-8-3-5-9(6-4-8)11-10(12)7-14(2)13-11/h3-7,11,13H,1-2H3. The summed E-state index contributed by atoms with van der Waals surface area (Å²) < 4.78 is 1.17. The predicted molar refractivity (Wildman–Crippen MR) is 61.8 cm³/mol. The third-order valence-electron chi connectivity index (χ3n) is 2.34. The van der Waals surface area contributed by atoms with Crippen LogP contribution in [-0.4, -0.2) is 12.1 Å². The lowest BCUT2D eigenvalue weighted by Crippen LogP contribution is -2.27. The van der Waals surface area contributed by atoms with Gasteiger partial charge in [-0.05, 0) is 12.5 Å². The maximum atomic E-state index is 3.56. The van der Waals surface area contributed by atoms with Crippen molar-refractivity contribution < 1.29 is 0 Å². The van der Waals surface area contributed by atoms with Crippen molar-refractivity contribution in [1.29, 1.82) is 0 Å². The van der Waals surface area contributed by atoms with Gasteiger partial charge in [0.25, 0.3) is 0 Å². The second kappa shape index (κ2) is 3.75. The molecule has 0 aromatic heterocycles. The van der Waals surface area contributed by atoms with Crippen molar-refractivity contribution in [3.05, 3.63) is 46.1 Å². The van der Waals surface area contributed by atoms with Gasteiger partial charge >= 0.3 is 0 Å². The van der Waals surface area contributed by atoms with E-state index >= 15 is 0 Å². The smallest absolute Gasteiger partial charge is 0.0841 e. The summed E-state index contributed by atoms with van der Waals surface area (Å²) in [6.45, 7) is 2.10. The van der Waals surface area contributed by atoms with Crippen LogP contribution in [0.1, 0.15) is 17.2 Å². The van der Waals surface area contributed by atoms with Crippen LogP contribution in [0.4, 0.5) is 0 Å². The summed E-state index contributed by atoms with van der Waals surface area (Å²) in [5.74, 6) is 0. The van der Waals surface area contributed by atoms with E-state index in [9.17, 15) is 0 Å². The van der Waals surface area contributed by atoms with Crippen LogP contribution in [0, 0.1) is 6.92 Å². The Labute approximate surface area is 92.7 Å². The van der Waals surface area contributed by atoms with E-state index in [4.69, 9.17) is 0 Å². The van der Waals surface area contributed by atoms with Gasteiger partial charge in [0, 0.05) is 17.7 Å². The Kier molecular flexibility index (Phi) is 2.61. The van der Waals surface area contributed by atoms with Gasteiger partial charge in [-0.3, -0.25) is 0 Å². The first-order valence-corrected chi connectivity index (χ1v) is 5.39. The molecule has 0 radical (unpaired) electrons. The molecule has 0 amide bonds. The monoisotopic (exact) mass is 252 g/mol. The average molecular weight is 253 g/mol. The SMILES string of the molecule is Cc1ccc(C2NN(C)C=C2Br)cc1. The molecule has 0 saturated carbocycles. The summed E-state index contributed by atoms with van der Waals surface area (Å²) in [7, 11) is 2.00. The summed E-state index contributed by atoms with van der Waals surface area (Å²) in [6.07, 6.45) is 2.05. The molecule has 1 aromatic rings. The molecular weight excluding hydrogens is 240 g/mol. The highest BCUT2D eigenvalue weighted by Crippen LogP contribution is 2.30. The van der Waals surface area contributed by atoms with Gasteiger partial charge in [0.2, 0.25) is 0 Å². The number of hydrogen-bond acceptors (Lipinski definition) is 2. The number of benzene rings is 1. The van der Waals surface area contributed by atoms with E-state index in [2.05, 4.69) is 52.5 Å². The number of rotatable bonds is 1. The minimum Gasteiger partial charge on any atom is -0.317 e. The topological polar surface area (TPSA) is 15.3 Å². The van der Waals surface area contributed by atoms with E-state index in [-0.39, 0.29) is 6.04 Å². The van der Waals surface area contributed by atoms with E-state index in [1.54, 1.807) is 0 Å². The zero-order valence-electron chi connectivity index (χ0n) is 8.29. The van der Waals surface area contributed by atoms with Gasteiger partial charge in [0.05, 0.1) is 6.04 Å². The highest BCUT2D eigenvalue weighted by atomic mass is 79.9. The zero-order valence-corrected chi connectivity index (χ0v) is 9.88. The number of hydrogen-bond donors (Lipinski definition) is 1. The van der Waals surface area contributed by atoms with Crippen molar-refractivity contribution in [1.82, 2.24) is 10.4 Å². The molecule has 0 fully saturated rings. The summed E-state index contributed by atoms with van der Waals surface area (Å²) in [4.78, 5) is 0. The van der Waals surface area contributed by atoms with Gasteiger partial charge in [-0.2, -0.15) is 0 Å². The van der Waals surface area contributed by atoms with Crippen LogP contribution in [0.2, 0.25) is 0 Å². The minimum absolute atomic E-state index is 0.264. The number of aryl methyl sites for hydroxylation is 1. The van der Waals surface area contributed by atoms with Crippen LogP contribution >= 0.6 is 15.9 Å². The quantitative estimate of drug-likeness (QED) is 0.827. The fourth-order valence-corrected chi connectivity index (χ4v) is 2.23. The molecule has 1 heterocycles. The number of nitrogens with zero attached hydrogens (tertiary/aromatic N) is 1. The Morgan fingerprint density at radius 3 is 2.43 bits per heavy atom. The summed E-state index contributed by atoms with van der Waals surface area (Å²) in [6, 6.07) is 8.84. The summed E-state index contributed by atoms with van der Waals surface area (Å²) in [5, 5.41) is 1.97. The van der Waals surface area contributed by atoms with E-state index in [1.165, 1.54) is 15.6 Å². The van der Waals surface area contributed by atoms with Crippen molar-refractivity contribution in [2.75, 3.05) is 7.05 Å². The van der Waals surface area contributed by atoms with E-state index in [1.807, 2.05) is 18.3 Å². The molecule has 0 aliphatic carbocycles. The van der Waals surface area contributed by atoms with Crippen molar-refractivity contribution in [2.24, 2.45) is 0 Å². The fourth-order valence-electron chi connectivity index (χ4n) is 1.55. The van der Waals surface area contributed by atoms with Crippen LogP contribution in [0.25, 0.3) is 0 Å². The molecule has 74 valence electrons. The maximum Gasteiger partial charge on any atom is 0.0841 e. The molecule has 1 aliphatic rings. The van der Waals surface area contributed by atoms with Gasteiger partial charge in [0.1, 0.15) is 0 Å². The minimum atomic E-state index is 0.264. The van der Waals surface area contributed by atoms with Crippen LogP contribution in [0.5, 0.6) is 0 Å². The Bertz CT molecular complexity index is 356. The Hall–Kier alpha value is -0.800. The van der Waals surface area contributed by atoms with E-state index in [0.29, 0.717) is 0 Å². The summed E-state index contributed by atoms with van der Waals surface area (Å²) >= 11 is 3.56. The molecule has 0 spiro atoms. The van der Waals surface area contributed by atoms with E-state index < -0.39 is 0 Å². The van der Waals surface area contributed by atoms with Gasteiger partial charge in [-0.25, -0.2) is 5.43 Å². The molecule has 1 unspecified atom stereocenters. The van der Waals surface area contributed by atoms with Gasteiger partial charge < -0.3 is 5.01 Å². The van der Waals surface area contributed by atoms with Crippen LogP contribution in [0.15, 0.2) is 34.9 Å². The molecule has 1 atom stereocenters. The Balaban J connectivity index is 2.25. The van der Waals surface area contributed by atoms with Crippen LogP contribution in [-0.2, 0) is 0 Å².